The number of carbonyl (C=O) groups excluding carboxylic acids is 1. The van der Waals surface area contributed by atoms with E-state index in [4.69, 9.17) is 10.9 Å². The van der Waals surface area contributed by atoms with Crippen molar-refractivity contribution in [3.05, 3.63) is 18.0 Å². The van der Waals surface area contributed by atoms with Crippen LogP contribution in [0.4, 0.5) is 0 Å². The van der Waals surface area contributed by atoms with Crippen LogP contribution in [0.5, 0.6) is 0 Å². The number of nitrogens with two attached hydrogens (primary N) is 1. The van der Waals surface area contributed by atoms with Gasteiger partial charge in [0, 0.05) is 25.1 Å². The molecule has 7 heteroatoms. The van der Waals surface area contributed by atoms with Gasteiger partial charge >= 0.3 is 0 Å². The van der Waals surface area contributed by atoms with Gasteiger partial charge in [-0.15, -0.1) is 0 Å². The summed E-state index contributed by atoms with van der Waals surface area (Å²) in [6, 6.07) is 1.54. The summed E-state index contributed by atoms with van der Waals surface area (Å²) in [4.78, 5) is 13.6. The van der Waals surface area contributed by atoms with Crippen LogP contribution < -0.4 is 5.73 Å². The first-order valence-electron chi connectivity index (χ1n) is 5.39. The Bertz CT molecular complexity index is 407. The number of carbonyl (C=O) groups is 1. The predicted octanol–water partition coefficient (Wildman–Crippen LogP) is 0.273. The minimum absolute atomic E-state index is 0.0429. The molecule has 0 atom stereocenters. The molecule has 1 aromatic rings. The van der Waals surface area contributed by atoms with Gasteiger partial charge in [-0.2, -0.15) is 0 Å². The maximum Gasteiger partial charge on any atom is 0.276 e. The molecule has 0 spiro atoms. The van der Waals surface area contributed by atoms with Crippen molar-refractivity contribution in [3.8, 4) is 0 Å². The van der Waals surface area contributed by atoms with Crippen molar-refractivity contribution in [1.29, 1.82) is 0 Å². The molecule has 1 amide bonds. The molecule has 2 heterocycles. The van der Waals surface area contributed by atoms with E-state index in [9.17, 15) is 4.79 Å². The van der Waals surface area contributed by atoms with Gasteiger partial charge < -0.3 is 20.4 Å². The van der Waals surface area contributed by atoms with E-state index >= 15 is 0 Å². The standard InChI is InChI=1S/C10H14N4O3/c11-9(12-16)7-1-4-14(5-2-7)10(15)8-3-6-17-13-8/h3,6-7,16H,1-2,4-5H2,(H2,11,12). The lowest BCUT2D eigenvalue weighted by Gasteiger charge is -2.30. The number of likely N-dealkylation sites (tertiary alicyclic amines) is 1. The third-order valence-corrected chi connectivity index (χ3v) is 2.97. The largest absolute Gasteiger partial charge is 0.409 e. The summed E-state index contributed by atoms with van der Waals surface area (Å²) >= 11 is 0. The second-order valence-electron chi connectivity index (χ2n) is 3.98. The Labute approximate surface area is 97.9 Å². The molecule has 1 saturated heterocycles. The summed E-state index contributed by atoms with van der Waals surface area (Å²) in [5.74, 6) is 0.136. The lowest BCUT2D eigenvalue weighted by Crippen LogP contribution is -2.41. The maximum absolute atomic E-state index is 11.9. The third kappa shape index (κ3) is 2.38. The van der Waals surface area contributed by atoms with E-state index in [2.05, 4.69) is 14.8 Å². The number of piperidine rings is 1. The fourth-order valence-electron chi connectivity index (χ4n) is 1.94. The molecule has 0 bridgehead atoms. The van der Waals surface area contributed by atoms with Crippen LogP contribution in [0.2, 0.25) is 0 Å². The van der Waals surface area contributed by atoms with Crippen LogP contribution in [0, 0.1) is 5.92 Å². The van der Waals surface area contributed by atoms with Gasteiger partial charge in [0.25, 0.3) is 5.91 Å². The molecule has 92 valence electrons. The highest BCUT2D eigenvalue weighted by molar-refractivity contribution is 5.92. The van der Waals surface area contributed by atoms with Gasteiger partial charge in [-0.3, -0.25) is 4.79 Å². The quantitative estimate of drug-likeness (QED) is 0.333. The summed E-state index contributed by atoms with van der Waals surface area (Å²) in [7, 11) is 0. The van der Waals surface area contributed by atoms with Gasteiger partial charge in [0.05, 0.1) is 0 Å². The molecule has 0 radical (unpaired) electrons. The Balaban J connectivity index is 1.93. The Morgan fingerprint density at radius 1 is 1.59 bits per heavy atom. The monoisotopic (exact) mass is 238 g/mol. The molecule has 1 aliphatic heterocycles. The molecule has 0 saturated carbocycles. The van der Waals surface area contributed by atoms with Crippen molar-refractivity contribution in [2.75, 3.05) is 13.1 Å². The molecule has 2 rings (SSSR count). The SMILES string of the molecule is NC(=NO)C1CCN(C(=O)c2ccon2)CC1. The minimum atomic E-state index is -0.142. The molecule has 7 nitrogen and oxygen atoms in total. The van der Waals surface area contributed by atoms with Crippen LogP contribution in [0.25, 0.3) is 0 Å². The number of amidine groups is 1. The fraction of sp³-hybridized carbons (Fsp3) is 0.500. The number of nitrogens with zero attached hydrogens (tertiary/aromatic N) is 3. The molecular weight excluding hydrogens is 224 g/mol. The summed E-state index contributed by atoms with van der Waals surface area (Å²) in [5, 5.41) is 15.2. The van der Waals surface area contributed by atoms with Gasteiger partial charge in [0.1, 0.15) is 12.1 Å². The Kier molecular flexibility index (Phi) is 3.27. The Morgan fingerprint density at radius 2 is 2.29 bits per heavy atom. The highest BCUT2D eigenvalue weighted by atomic mass is 16.5. The highest BCUT2D eigenvalue weighted by Crippen LogP contribution is 2.18. The van der Waals surface area contributed by atoms with Crippen molar-refractivity contribution >= 4 is 11.7 Å². The average molecular weight is 238 g/mol. The number of oxime groups is 1. The van der Waals surface area contributed by atoms with Crippen LogP contribution in [0.3, 0.4) is 0 Å². The molecular formula is C10H14N4O3. The summed E-state index contributed by atoms with van der Waals surface area (Å²) in [5.41, 5.74) is 5.85. The topological polar surface area (TPSA) is 105 Å². The number of hydrogen-bond donors (Lipinski definition) is 2. The van der Waals surface area contributed by atoms with Crippen molar-refractivity contribution < 1.29 is 14.5 Å². The lowest BCUT2D eigenvalue weighted by molar-refractivity contribution is 0.0698. The van der Waals surface area contributed by atoms with Crippen molar-refractivity contribution in [1.82, 2.24) is 10.1 Å². The second-order valence-corrected chi connectivity index (χ2v) is 3.98. The summed E-state index contributed by atoms with van der Waals surface area (Å²) in [6.07, 6.45) is 2.76. The van der Waals surface area contributed by atoms with Gasteiger partial charge in [-0.25, -0.2) is 0 Å². The fourth-order valence-corrected chi connectivity index (χ4v) is 1.94. The summed E-state index contributed by atoms with van der Waals surface area (Å²) < 4.78 is 4.63. The lowest BCUT2D eigenvalue weighted by atomic mass is 9.95. The molecule has 1 fully saturated rings. The molecule has 1 aromatic heterocycles. The van der Waals surface area contributed by atoms with Crippen LogP contribution >= 0.6 is 0 Å². The third-order valence-electron chi connectivity index (χ3n) is 2.97. The first kappa shape index (κ1) is 11.4. The first-order chi connectivity index (χ1) is 8.22. The first-order valence-corrected chi connectivity index (χ1v) is 5.39. The normalized spacial score (nSPS) is 18.4. The van der Waals surface area contributed by atoms with E-state index in [-0.39, 0.29) is 17.7 Å². The molecule has 0 aliphatic carbocycles. The van der Waals surface area contributed by atoms with E-state index in [1.54, 1.807) is 4.90 Å². The zero-order valence-corrected chi connectivity index (χ0v) is 9.24. The van der Waals surface area contributed by atoms with Gasteiger partial charge in [-0.05, 0) is 12.8 Å². The minimum Gasteiger partial charge on any atom is -0.409 e. The van der Waals surface area contributed by atoms with E-state index in [0.717, 1.165) is 0 Å². The second kappa shape index (κ2) is 4.86. The number of aromatic nitrogens is 1. The van der Waals surface area contributed by atoms with Crippen LogP contribution in [-0.2, 0) is 0 Å². The van der Waals surface area contributed by atoms with Gasteiger partial charge in [-0.1, -0.05) is 10.3 Å². The molecule has 1 aliphatic rings. The van der Waals surface area contributed by atoms with Gasteiger partial charge in [0.2, 0.25) is 0 Å². The molecule has 3 N–H and O–H groups in total. The smallest absolute Gasteiger partial charge is 0.276 e. The van der Waals surface area contributed by atoms with Gasteiger partial charge in [0.15, 0.2) is 5.69 Å². The molecule has 0 aromatic carbocycles. The molecule has 0 unspecified atom stereocenters. The zero-order chi connectivity index (χ0) is 12.3. The van der Waals surface area contributed by atoms with E-state index < -0.39 is 0 Å². The Morgan fingerprint density at radius 3 is 2.82 bits per heavy atom. The number of rotatable bonds is 2. The van der Waals surface area contributed by atoms with Crippen molar-refractivity contribution in [3.63, 3.8) is 0 Å². The average Bonchev–Trinajstić information content (AvgIpc) is 2.91. The number of hydrogen-bond acceptors (Lipinski definition) is 5. The van der Waals surface area contributed by atoms with Crippen LogP contribution in [0.15, 0.2) is 22.0 Å². The Hall–Kier alpha value is -2.05. The van der Waals surface area contributed by atoms with Crippen LogP contribution in [-0.4, -0.2) is 40.1 Å². The zero-order valence-electron chi connectivity index (χ0n) is 9.24. The summed E-state index contributed by atoms with van der Waals surface area (Å²) in [6.45, 7) is 1.15. The predicted molar refractivity (Wildman–Crippen MR) is 58.5 cm³/mol. The van der Waals surface area contributed by atoms with E-state index in [1.165, 1.54) is 12.3 Å². The van der Waals surface area contributed by atoms with Crippen LogP contribution in [0.1, 0.15) is 23.3 Å². The van der Waals surface area contributed by atoms with Crippen molar-refractivity contribution in [2.45, 2.75) is 12.8 Å². The number of amides is 1. The van der Waals surface area contributed by atoms with E-state index in [0.29, 0.717) is 31.6 Å². The highest BCUT2D eigenvalue weighted by Gasteiger charge is 2.26. The van der Waals surface area contributed by atoms with Crippen molar-refractivity contribution in [2.24, 2.45) is 16.8 Å². The maximum atomic E-state index is 11.9. The van der Waals surface area contributed by atoms with E-state index in [1.807, 2.05) is 0 Å². The molecule has 17 heavy (non-hydrogen) atoms.